The van der Waals surface area contributed by atoms with E-state index in [2.05, 4.69) is 0 Å². The number of rotatable bonds is 3. The molecular formula is C16H24N4O5. The van der Waals surface area contributed by atoms with Crippen LogP contribution in [0.15, 0.2) is 12.1 Å². The minimum atomic E-state index is -0.558. The molecule has 25 heavy (non-hydrogen) atoms. The van der Waals surface area contributed by atoms with E-state index >= 15 is 0 Å². The number of carbonyl (C=O) groups is 1. The minimum absolute atomic E-state index is 0.0796. The van der Waals surface area contributed by atoms with Gasteiger partial charge in [-0.2, -0.15) is 0 Å². The highest BCUT2D eigenvalue weighted by Gasteiger charge is 2.29. The van der Waals surface area contributed by atoms with E-state index in [4.69, 9.17) is 15.2 Å². The lowest BCUT2D eigenvalue weighted by Crippen LogP contribution is -2.50. The number of piperazine rings is 1. The van der Waals surface area contributed by atoms with Gasteiger partial charge in [0, 0.05) is 38.3 Å². The van der Waals surface area contributed by atoms with Crippen molar-refractivity contribution in [2.24, 2.45) is 0 Å². The van der Waals surface area contributed by atoms with Gasteiger partial charge in [-0.05, 0) is 20.8 Å². The molecule has 1 aliphatic rings. The zero-order valence-electron chi connectivity index (χ0n) is 14.9. The highest BCUT2D eigenvalue weighted by atomic mass is 16.6. The van der Waals surface area contributed by atoms with Crippen LogP contribution in [-0.2, 0) is 4.74 Å². The van der Waals surface area contributed by atoms with Gasteiger partial charge < -0.3 is 25.0 Å². The second kappa shape index (κ2) is 7.04. The van der Waals surface area contributed by atoms with Crippen molar-refractivity contribution in [2.75, 3.05) is 43.9 Å². The van der Waals surface area contributed by atoms with Crippen molar-refractivity contribution in [3.05, 3.63) is 22.2 Å². The van der Waals surface area contributed by atoms with E-state index in [1.54, 1.807) is 11.0 Å². The Hall–Kier alpha value is -2.71. The molecule has 1 aromatic rings. The smallest absolute Gasteiger partial charge is 0.410 e. The van der Waals surface area contributed by atoms with Gasteiger partial charge in [0.25, 0.3) is 5.69 Å². The normalized spacial score (nSPS) is 15.0. The molecular weight excluding hydrogens is 328 g/mol. The molecule has 2 N–H and O–H groups in total. The minimum Gasteiger partial charge on any atom is -0.495 e. The quantitative estimate of drug-likeness (QED) is 0.504. The summed E-state index contributed by atoms with van der Waals surface area (Å²) in [4.78, 5) is 26.4. The molecule has 0 aromatic heterocycles. The van der Waals surface area contributed by atoms with Gasteiger partial charge in [-0.3, -0.25) is 10.1 Å². The van der Waals surface area contributed by atoms with Crippen LogP contribution in [0.5, 0.6) is 5.75 Å². The van der Waals surface area contributed by atoms with Gasteiger partial charge in [-0.1, -0.05) is 0 Å². The number of hydrogen-bond acceptors (Lipinski definition) is 7. The van der Waals surface area contributed by atoms with Gasteiger partial charge in [0.05, 0.1) is 17.7 Å². The van der Waals surface area contributed by atoms with Crippen LogP contribution in [0.4, 0.5) is 21.9 Å². The molecule has 0 saturated carbocycles. The molecule has 0 unspecified atom stereocenters. The maximum Gasteiger partial charge on any atom is 0.410 e. The Morgan fingerprint density at radius 2 is 1.84 bits per heavy atom. The number of nitro groups is 1. The summed E-state index contributed by atoms with van der Waals surface area (Å²) in [5.41, 5.74) is 5.78. The molecule has 9 nitrogen and oxygen atoms in total. The molecule has 0 radical (unpaired) electrons. The maximum atomic E-state index is 12.1. The molecule has 2 rings (SSSR count). The molecule has 1 amide bonds. The summed E-state index contributed by atoms with van der Waals surface area (Å²) in [6.07, 6.45) is -0.378. The fourth-order valence-corrected chi connectivity index (χ4v) is 2.61. The van der Waals surface area contributed by atoms with Crippen LogP contribution in [-0.4, -0.2) is 54.8 Å². The number of anilines is 2. The number of nitrogen functional groups attached to an aromatic ring is 1. The van der Waals surface area contributed by atoms with Crippen LogP contribution in [0.25, 0.3) is 0 Å². The average molecular weight is 352 g/mol. The first-order valence-electron chi connectivity index (χ1n) is 7.97. The highest BCUT2D eigenvalue weighted by molar-refractivity contribution is 5.74. The lowest BCUT2D eigenvalue weighted by molar-refractivity contribution is -0.384. The number of carbonyl (C=O) groups excluding carboxylic acids is 1. The predicted molar refractivity (Wildman–Crippen MR) is 94.1 cm³/mol. The summed E-state index contributed by atoms with van der Waals surface area (Å²) >= 11 is 0. The lowest BCUT2D eigenvalue weighted by Gasteiger charge is -2.36. The standard InChI is InChI=1S/C16H24N4O5/c1-16(2,3)25-15(21)19-7-5-18(6-8-19)12-10-14(24-4)11(17)9-13(12)20(22)23/h9-10H,5-8,17H2,1-4H3. The fourth-order valence-electron chi connectivity index (χ4n) is 2.61. The van der Waals surface area contributed by atoms with Crippen molar-refractivity contribution < 1.29 is 19.2 Å². The average Bonchev–Trinajstić information content (AvgIpc) is 2.53. The predicted octanol–water partition coefficient (Wildman–Crippen LogP) is 2.24. The number of benzene rings is 1. The Balaban J connectivity index is 2.15. The Bertz CT molecular complexity index is 663. The third-order valence-corrected chi connectivity index (χ3v) is 3.80. The van der Waals surface area contributed by atoms with Crippen LogP contribution in [0.3, 0.4) is 0 Å². The molecule has 0 aliphatic carbocycles. The first-order valence-corrected chi connectivity index (χ1v) is 7.97. The van der Waals surface area contributed by atoms with Crippen molar-refractivity contribution >= 4 is 23.2 Å². The summed E-state index contributed by atoms with van der Waals surface area (Å²) in [6, 6.07) is 2.87. The van der Waals surface area contributed by atoms with E-state index in [1.165, 1.54) is 13.2 Å². The molecule has 9 heteroatoms. The van der Waals surface area contributed by atoms with Crippen molar-refractivity contribution in [1.29, 1.82) is 0 Å². The number of methoxy groups -OCH3 is 1. The fraction of sp³-hybridized carbons (Fsp3) is 0.562. The van der Waals surface area contributed by atoms with Gasteiger partial charge in [-0.25, -0.2) is 4.79 Å². The van der Waals surface area contributed by atoms with Crippen molar-refractivity contribution in [3.63, 3.8) is 0 Å². The van der Waals surface area contributed by atoms with Crippen LogP contribution in [0.1, 0.15) is 20.8 Å². The van der Waals surface area contributed by atoms with Gasteiger partial charge in [-0.15, -0.1) is 0 Å². The Labute approximate surface area is 146 Å². The molecule has 1 aromatic carbocycles. The first-order chi connectivity index (χ1) is 11.6. The lowest BCUT2D eigenvalue weighted by atomic mass is 10.2. The number of nitro benzene ring substituents is 1. The van der Waals surface area contributed by atoms with E-state index in [0.717, 1.165) is 0 Å². The van der Waals surface area contributed by atoms with Gasteiger partial charge in [0.1, 0.15) is 17.0 Å². The summed E-state index contributed by atoms with van der Waals surface area (Å²) in [6.45, 7) is 7.17. The van der Waals surface area contributed by atoms with E-state index in [-0.39, 0.29) is 17.5 Å². The van der Waals surface area contributed by atoms with E-state index < -0.39 is 10.5 Å². The van der Waals surface area contributed by atoms with E-state index in [9.17, 15) is 14.9 Å². The molecule has 1 heterocycles. The summed E-state index contributed by atoms with van der Waals surface area (Å²) in [7, 11) is 1.46. The van der Waals surface area contributed by atoms with Gasteiger partial charge >= 0.3 is 6.09 Å². The molecule has 138 valence electrons. The molecule has 0 atom stereocenters. The largest absolute Gasteiger partial charge is 0.495 e. The van der Waals surface area contributed by atoms with Crippen LogP contribution in [0, 0.1) is 10.1 Å². The summed E-state index contributed by atoms with van der Waals surface area (Å²) < 4.78 is 10.5. The third kappa shape index (κ3) is 4.43. The highest BCUT2D eigenvalue weighted by Crippen LogP contribution is 2.37. The van der Waals surface area contributed by atoms with Gasteiger partial charge in [0.2, 0.25) is 0 Å². The summed E-state index contributed by atoms with van der Waals surface area (Å²) in [5.74, 6) is 0.384. The van der Waals surface area contributed by atoms with Crippen LogP contribution in [0.2, 0.25) is 0 Å². The zero-order chi connectivity index (χ0) is 18.8. The van der Waals surface area contributed by atoms with E-state index in [0.29, 0.717) is 37.6 Å². The Morgan fingerprint density at radius 3 is 2.32 bits per heavy atom. The topological polar surface area (TPSA) is 111 Å². The SMILES string of the molecule is COc1cc(N2CCN(C(=O)OC(C)(C)C)CC2)c([N+](=O)[O-])cc1N. The summed E-state index contributed by atoms with van der Waals surface area (Å²) in [5, 5.41) is 11.3. The first kappa shape index (κ1) is 18.6. The van der Waals surface area contributed by atoms with E-state index in [1.807, 2.05) is 25.7 Å². The second-order valence-corrected chi connectivity index (χ2v) is 6.79. The van der Waals surface area contributed by atoms with Gasteiger partial charge in [0.15, 0.2) is 0 Å². The van der Waals surface area contributed by atoms with Crippen LogP contribution >= 0.6 is 0 Å². The number of amides is 1. The molecule has 1 saturated heterocycles. The molecule has 1 fully saturated rings. The molecule has 0 bridgehead atoms. The monoisotopic (exact) mass is 352 g/mol. The van der Waals surface area contributed by atoms with Crippen molar-refractivity contribution in [2.45, 2.75) is 26.4 Å². The van der Waals surface area contributed by atoms with Crippen molar-refractivity contribution in [3.8, 4) is 5.75 Å². The molecule has 1 aliphatic heterocycles. The molecule has 0 spiro atoms. The third-order valence-electron chi connectivity index (χ3n) is 3.80. The zero-order valence-corrected chi connectivity index (χ0v) is 14.9. The Morgan fingerprint density at radius 1 is 1.24 bits per heavy atom. The number of ether oxygens (including phenoxy) is 2. The number of hydrogen-bond donors (Lipinski definition) is 1. The number of nitrogens with two attached hydrogens (primary N) is 1. The number of nitrogens with zero attached hydrogens (tertiary/aromatic N) is 3. The Kier molecular flexibility index (Phi) is 5.24. The van der Waals surface area contributed by atoms with Crippen molar-refractivity contribution in [1.82, 2.24) is 4.90 Å². The van der Waals surface area contributed by atoms with Crippen LogP contribution < -0.4 is 15.4 Å². The maximum absolute atomic E-state index is 12.1. The second-order valence-electron chi connectivity index (χ2n) is 6.79.